The molecule has 1 heterocycles. The predicted octanol–water partition coefficient (Wildman–Crippen LogP) is 0.0812. The Morgan fingerprint density at radius 2 is 2.21 bits per heavy atom. The molecule has 0 aromatic carbocycles. The highest BCUT2D eigenvalue weighted by Gasteiger charge is 2.30. The van der Waals surface area contributed by atoms with E-state index in [0.717, 1.165) is 38.9 Å². The van der Waals surface area contributed by atoms with Crippen LogP contribution in [0, 0.1) is 0 Å². The van der Waals surface area contributed by atoms with Crippen LogP contribution in [0.25, 0.3) is 0 Å². The molecule has 7 heteroatoms. The number of hydrogen-bond acceptors (Lipinski definition) is 3. The second-order valence-electron chi connectivity index (χ2n) is 4.82. The third-order valence-corrected chi connectivity index (χ3v) is 3.26. The Labute approximate surface area is 132 Å². The Morgan fingerprint density at radius 1 is 1.53 bits per heavy atom. The topological polar surface area (TPSA) is 74.0 Å². The third-order valence-electron chi connectivity index (χ3n) is 3.26. The average Bonchev–Trinajstić information content (AvgIpc) is 2.81. The number of likely N-dealkylation sites (N-methyl/N-ethyl adjacent to an activating group) is 1. The van der Waals surface area contributed by atoms with E-state index in [1.807, 2.05) is 14.1 Å². The fraction of sp³-hybridized carbons (Fsp3) is 0.833. The summed E-state index contributed by atoms with van der Waals surface area (Å²) in [5, 5.41) is 3.03. The van der Waals surface area contributed by atoms with Gasteiger partial charge in [0.05, 0.1) is 6.04 Å². The molecule has 0 spiro atoms. The number of rotatable bonds is 5. The number of hydrogen-bond donors (Lipinski definition) is 2. The number of nitrogens with one attached hydrogen (secondary N) is 1. The quantitative estimate of drug-likeness (QED) is 0.305. The number of carbonyl (C=O) groups excluding carboxylic acids is 1. The number of nitrogens with two attached hydrogens (primary N) is 1. The lowest BCUT2D eigenvalue weighted by molar-refractivity contribution is -0.133. The summed E-state index contributed by atoms with van der Waals surface area (Å²) in [6.45, 7) is 2.73. The molecule has 3 N–H and O–H groups in total. The van der Waals surface area contributed by atoms with Crippen LogP contribution in [-0.4, -0.2) is 68.5 Å². The molecule has 1 amide bonds. The molecular formula is C12H26IN5O. The molecule has 19 heavy (non-hydrogen) atoms. The van der Waals surface area contributed by atoms with Crippen molar-refractivity contribution in [2.75, 3.05) is 40.8 Å². The molecule has 0 radical (unpaired) electrons. The summed E-state index contributed by atoms with van der Waals surface area (Å²) in [7, 11) is 5.30. The minimum Gasteiger partial charge on any atom is -0.370 e. The molecule has 1 aliphatic rings. The second-order valence-corrected chi connectivity index (χ2v) is 4.82. The Balaban J connectivity index is 0.00000324. The van der Waals surface area contributed by atoms with Gasteiger partial charge in [0.25, 0.3) is 0 Å². The van der Waals surface area contributed by atoms with Crippen LogP contribution >= 0.6 is 24.0 Å². The van der Waals surface area contributed by atoms with Crippen molar-refractivity contribution >= 4 is 35.8 Å². The van der Waals surface area contributed by atoms with Crippen molar-refractivity contribution in [3.8, 4) is 0 Å². The highest BCUT2D eigenvalue weighted by Crippen LogP contribution is 2.18. The number of guanidine groups is 1. The van der Waals surface area contributed by atoms with E-state index in [1.54, 1.807) is 11.9 Å². The predicted molar refractivity (Wildman–Crippen MR) is 88.9 cm³/mol. The van der Waals surface area contributed by atoms with E-state index >= 15 is 0 Å². The first-order chi connectivity index (χ1) is 8.56. The van der Waals surface area contributed by atoms with Crippen LogP contribution in [-0.2, 0) is 4.79 Å². The van der Waals surface area contributed by atoms with Crippen molar-refractivity contribution < 1.29 is 4.79 Å². The Bertz CT molecular complexity index is 308. The number of nitrogens with zero attached hydrogens (tertiary/aromatic N) is 3. The van der Waals surface area contributed by atoms with Gasteiger partial charge in [0, 0.05) is 34.2 Å². The molecule has 1 rings (SSSR count). The lowest BCUT2D eigenvalue weighted by atomic mass is 10.2. The molecule has 1 saturated heterocycles. The van der Waals surface area contributed by atoms with Crippen LogP contribution in [0.5, 0.6) is 0 Å². The molecule has 0 aromatic heterocycles. The zero-order valence-corrected chi connectivity index (χ0v) is 14.4. The van der Waals surface area contributed by atoms with Crippen LogP contribution in [0.4, 0.5) is 0 Å². The van der Waals surface area contributed by atoms with Crippen molar-refractivity contribution in [1.82, 2.24) is 15.1 Å². The summed E-state index contributed by atoms with van der Waals surface area (Å²) >= 11 is 0. The summed E-state index contributed by atoms with van der Waals surface area (Å²) in [6, 6.07) is 0.0668. The minimum absolute atomic E-state index is 0. The van der Waals surface area contributed by atoms with Crippen molar-refractivity contribution in [2.24, 2.45) is 10.7 Å². The third kappa shape index (κ3) is 5.94. The maximum absolute atomic E-state index is 12.0. The van der Waals surface area contributed by atoms with Gasteiger partial charge in [0.2, 0.25) is 5.91 Å². The Hall–Kier alpha value is -0.570. The van der Waals surface area contributed by atoms with Gasteiger partial charge in [-0.2, -0.15) is 0 Å². The number of likely N-dealkylation sites (tertiary alicyclic amines) is 1. The smallest absolute Gasteiger partial charge is 0.239 e. The molecule has 0 aromatic rings. The number of halogens is 1. The van der Waals surface area contributed by atoms with E-state index in [9.17, 15) is 4.79 Å². The van der Waals surface area contributed by atoms with E-state index in [4.69, 9.17) is 5.73 Å². The highest BCUT2D eigenvalue weighted by molar-refractivity contribution is 14.0. The maximum atomic E-state index is 12.0. The van der Waals surface area contributed by atoms with Gasteiger partial charge in [-0.05, 0) is 25.8 Å². The molecular weight excluding hydrogens is 357 g/mol. The fourth-order valence-corrected chi connectivity index (χ4v) is 2.25. The van der Waals surface area contributed by atoms with Gasteiger partial charge in [0.15, 0.2) is 5.96 Å². The molecule has 6 nitrogen and oxygen atoms in total. The van der Waals surface area contributed by atoms with Crippen molar-refractivity contribution in [1.29, 1.82) is 0 Å². The van der Waals surface area contributed by atoms with Crippen LogP contribution in [0.2, 0.25) is 0 Å². The lowest BCUT2D eigenvalue weighted by Gasteiger charge is -2.26. The van der Waals surface area contributed by atoms with Gasteiger partial charge in [0.1, 0.15) is 0 Å². The van der Waals surface area contributed by atoms with E-state index in [1.165, 1.54) is 0 Å². The van der Waals surface area contributed by atoms with E-state index in [2.05, 4.69) is 15.2 Å². The van der Waals surface area contributed by atoms with Crippen LogP contribution in [0.3, 0.4) is 0 Å². The van der Waals surface area contributed by atoms with Crippen LogP contribution in [0.15, 0.2) is 4.99 Å². The zero-order valence-electron chi connectivity index (χ0n) is 12.1. The van der Waals surface area contributed by atoms with Crippen molar-refractivity contribution in [3.63, 3.8) is 0 Å². The summed E-state index contributed by atoms with van der Waals surface area (Å²) in [4.78, 5) is 19.8. The molecule has 1 unspecified atom stereocenters. The molecule has 0 aliphatic carbocycles. The van der Waals surface area contributed by atoms with E-state index in [0.29, 0.717) is 5.96 Å². The SMILES string of the molecule is CN=C(N)NCCCN1CCCC1C(=O)N(C)C.I. The molecule has 1 aliphatic heterocycles. The summed E-state index contributed by atoms with van der Waals surface area (Å²) in [5.41, 5.74) is 5.55. The first-order valence-corrected chi connectivity index (χ1v) is 6.47. The number of carbonyl (C=O) groups is 1. The monoisotopic (exact) mass is 383 g/mol. The van der Waals surface area contributed by atoms with Crippen LogP contribution in [0.1, 0.15) is 19.3 Å². The average molecular weight is 383 g/mol. The summed E-state index contributed by atoms with van der Waals surface area (Å²) in [5.74, 6) is 0.687. The van der Waals surface area contributed by atoms with E-state index < -0.39 is 0 Å². The largest absolute Gasteiger partial charge is 0.370 e. The molecule has 112 valence electrons. The molecule has 0 bridgehead atoms. The second kappa shape index (κ2) is 9.35. The molecule has 1 atom stereocenters. The first-order valence-electron chi connectivity index (χ1n) is 6.47. The highest BCUT2D eigenvalue weighted by atomic mass is 127. The minimum atomic E-state index is 0. The van der Waals surface area contributed by atoms with Gasteiger partial charge < -0.3 is 16.0 Å². The summed E-state index contributed by atoms with van der Waals surface area (Å²) in [6.07, 6.45) is 3.05. The van der Waals surface area contributed by atoms with Gasteiger partial charge in [-0.3, -0.25) is 14.7 Å². The van der Waals surface area contributed by atoms with Gasteiger partial charge in [-0.25, -0.2) is 0 Å². The maximum Gasteiger partial charge on any atom is 0.239 e. The standard InChI is InChI=1S/C12H25N5O.HI/c1-14-12(13)15-7-5-9-17-8-4-6-10(17)11(18)16(2)3;/h10H,4-9H2,1-3H3,(H3,13,14,15);1H. The summed E-state index contributed by atoms with van der Waals surface area (Å²) < 4.78 is 0. The molecule has 1 fully saturated rings. The fourth-order valence-electron chi connectivity index (χ4n) is 2.25. The van der Waals surface area contributed by atoms with E-state index in [-0.39, 0.29) is 35.9 Å². The Morgan fingerprint density at radius 3 is 2.79 bits per heavy atom. The lowest BCUT2D eigenvalue weighted by Crippen LogP contribution is -2.43. The zero-order chi connectivity index (χ0) is 13.5. The normalized spacial score (nSPS) is 19.9. The van der Waals surface area contributed by atoms with Gasteiger partial charge in [-0.15, -0.1) is 24.0 Å². The van der Waals surface area contributed by atoms with Gasteiger partial charge in [-0.1, -0.05) is 0 Å². The number of aliphatic imine (C=N–C) groups is 1. The number of amides is 1. The van der Waals surface area contributed by atoms with Gasteiger partial charge >= 0.3 is 0 Å². The Kier molecular flexibility index (Phi) is 9.07. The van der Waals surface area contributed by atoms with Crippen molar-refractivity contribution in [3.05, 3.63) is 0 Å². The van der Waals surface area contributed by atoms with Crippen LogP contribution < -0.4 is 11.1 Å². The molecule has 0 saturated carbocycles. The van der Waals surface area contributed by atoms with Crippen molar-refractivity contribution in [2.45, 2.75) is 25.3 Å². The first kappa shape index (κ1) is 18.4.